The summed E-state index contributed by atoms with van der Waals surface area (Å²) in [5.41, 5.74) is 2.44. The molecule has 0 spiro atoms. The molecule has 1 atom stereocenters. The van der Waals surface area contributed by atoms with Crippen LogP contribution >= 0.6 is 0 Å². The molecule has 112 valence electrons. The van der Waals surface area contributed by atoms with E-state index in [9.17, 15) is 0 Å². The fourth-order valence-corrected chi connectivity index (χ4v) is 2.80. The highest BCUT2D eigenvalue weighted by atomic mass is 16.5. The molecule has 2 rings (SSSR count). The van der Waals surface area contributed by atoms with Gasteiger partial charge in [0, 0.05) is 11.5 Å². The molecule has 0 fully saturated rings. The second-order valence-electron chi connectivity index (χ2n) is 5.67. The Morgan fingerprint density at radius 1 is 0.810 bits per heavy atom. The van der Waals surface area contributed by atoms with E-state index in [0.717, 1.165) is 23.5 Å². The Morgan fingerprint density at radius 2 is 1.38 bits per heavy atom. The molecule has 2 aromatic carbocycles. The van der Waals surface area contributed by atoms with Crippen LogP contribution in [0, 0.1) is 5.92 Å². The van der Waals surface area contributed by atoms with Gasteiger partial charge in [0.2, 0.25) is 0 Å². The van der Waals surface area contributed by atoms with E-state index in [0.29, 0.717) is 5.92 Å². The predicted octanol–water partition coefficient (Wildman–Crippen LogP) is 4.88. The Bertz CT molecular complexity index is 539. The van der Waals surface area contributed by atoms with Gasteiger partial charge in [-0.2, -0.15) is 0 Å². The number of rotatable bonds is 6. The van der Waals surface area contributed by atoms with E-state index in [4.69, 9.17) is 9.47 Å². The van der Waals surface area contributed by atoms with Crippen molar-refractivity contribution < 1.29 is 9.47 Å². The minimum Gasteiger partial charge on any atom is -0.496 e. The minimum absolute atomic E-state index is 0.275. The molecule has 2 nitrogen and oxygen atoms in total. The van der Waals surface area contributed by atoms with Gasteiger partial charge in [-0.15, -0.1) is 0 Å². The molecule has 0 amide bonds. The average Bonchev–Trinajstić information content (AvgIpc) is 2.52. The maximum atomic E-state index is 5.59. The maximum Gasteiger partial charge on any atom is 0.126 e. The lowest BCUT2D eigenvalue weighted by Gasteiger charge is -2.24. The van der Waals surface area contributed by atoms with E-state index in [-0.39, 0.29) is 5.92 Å². The van der Waals surface area contributed by atoms with Crippen LogP contribution in [0.2, 0.25) is 0 Å². The smallest absolute Gasteiger partial charge is 0.126 e. The molecule has 2 aromatic rings. The second-order valence-corrected chi connectivity index (χ2v) is 5.67. The predicted molar refractivity (Wildman–Crippen MR) is 87.3 cm³/mol. The van der Waals surface area contributed by atoms with E-state index in [1.807, 2.05) is 18.2 Å². The summed E-state index contributed by atoms with van der Waals surface area (Å²) in [5.74, 6) is 2.65. The van der Waals surface area contributed by atoms with Gasteiger partial charge in [-0.1, -0.05) is 50.2 Å². The Kier molecular flexibility index (Phi) is 5.26. The monoisotopic (exact) mass is 284 g/mol. The quantitative estimate of drug-likeness (QED) is 0.752. The first-order chi connectivity index (χ1) is 10.2. The van der Waals surface area contributed by atoms with Crippen LogP contribution in [0.15, 0.2) is 48.5 Å². The van der Waals surface area contributed by atoms with E-state index in [2.05, 4.69) is 44.2 Å². The van der Waals surface area contributed by atoms with Crippen molar-refractivity contribution in [3.05, 3.63) is 59.7 Å². The molecule has 1 unspecified atom stereocenters. The van der Waals surface area contributed by atoms with Crippen molar-refractivity contribution in [1.82, 2.24) is 0 Å². The molecule has 2 heteroatoms. The Morgan fingerprint density at radius 3 is 1.86 bits per heavy atom. The summed E-state index contributed by atoms with van der Waals surface area (Å²) >= 11 is 0. The van der Waals surface area contributed by atoms with Crippen LogP contribution in [0.3, 0.4) is 0 Å². The van der Waals surface area contributed by atoms with Crippen molar-refractivity contribution in [2.45, 2.75) is 26.2 Å². The van der Waals surface area contributed by atoms with Gasteiger partial charge in [-0.25, -0.2) is 0 Å². The van der Waals surface area contributed by atoms with Crippen LogP contribution < -0.4 is 9.47 Å². The van der Waals surface area contributed by atoms with Gasteiger partial charge >= 0.3 is 0 Å². The normalized spacial score (nSPS) is 12.2. The molecule has 21 heavy (non-hydrogen) atoms. The third-order valence-corrected chi connectivity index (χ3v) is 3.72. The van der Waals surface area contributed by atoms with Gasteiger partial charge in [0.1, 0.15) is 11.5 Å². The van der Waals surface area contributed by atoms with Crippen molar-refractivity contribution in [2.75, 3.05) is 14.2 Å². The third kappa shape index (κ3) is 3.57. The number of ether oxygens (including phenoxy) is 2. The molecule has 0 N–H and O–H groups in total. The molecular weight excluding hydrogens is 260 g/mol. The Hall–Kier alpha value is -1.96. The molecule has 0 aliphatic rings. The molecule has 0 saturated carbocycles. The first-order valence-electron chi connectivity index (χ1n) is 7.43. The standard InChI is InChI=1S/C19H24O2/c1-14(2)13-16(15-9-6-5-7-10-15)19-17(20-3)11-8-12-18(19)21-4/h5-12,14,16H,13H2,1-4H3. The molecule has 0 bridgehead atoms. The van der Waals surface area contributed by atoms with Gasteiger partial charge in [0.25, 0.3) is 0 Å². The summed E-state index contributed by atoms with van der Waals surface area (Å²) in [6, 6.07) is 16.6. The zero-order chi connectivity index (χ0) is 15.2. The molecule has 0 heterocycles. The summed E-state index contributed by atoms with van der Waals surface area (Å²) in [4.78, 5) is 0. The van der Waals surface area contributed by atoms with Gasteiger partial charge in [-0.3, -0.25) is 0 Å². The fraction of sp³-hybridized carbons (Fsp3) is 0.368. The Labute approximate surface area is 127 Å². The van der Waals surface area contributed by atoms with Gasteiger partial charge < -0.3 is 9.47 Å². The SMILES string of the molecule is COc1cccc(OC)c1C(CC(C)C)c1ccccc1. The molecular formula is C19H24O2. The lowest BCUT2D eigenvalue weighted by Crippen LogP contribution is -2.08. The summed E-state index contributed by atoms with van der Waals surface area (Å²) < 4.78 is 11.2. The van der Waals surface area contributed by atoms with E-state index < -0.39 is 0 Å². The first kappa shape index (κ1) is 15.4. The van der Waals surface area contributed by atoms with Crippen LogP contribution in [-0.4, -0.2) is 14.2 Å². The maximum absolute atomic E-state index is 5.59. The summed E-state index contributed by atoms with van der Waals surface area (Å²) in [7, 11) is 3.44. The zero-order valence-electron chi connectivity index (χ0n) is 13.3. The molecule has 0 saturated heterocycles. The van der Waals surface area contributed by atoms with Crippen LogP contribution in [0.5, 0.6) is 11.5 Å². The van der Waals surface area contributed by atoms with E-state index >= 15 is 0 Å². The molecule has 0 aliphatic heterocycles. The number of benzene rings is 2. The van der Waals surface area contributed by atoms with Crippen LogP contribution in [0.1, 0.15) is 37.3 Å². The lowest BCUT2D eigenvalue weighted by molar-refractivity contribution is 0.376. The topological polar surface area (TPSA) is 18.5 Å². The summed E-state index contributed by atoms with van der Waals surface area (Å²) in [5, 5.41) is 0. The van der Waals surface area contributed by atoms with Gasteiger partial charge in [0.15, 0.2) is 0 Å². The highest BCUT2D eigenvalue weighted by Crippen LogP contribution is 2.41. The van der Waals surface area contributed by atoms with Gasteiger partial charge in [0.05, 0.1) is 14.2 Å². The highest BCUT2D eigenvalue weighted by Gasteiger charge is 2.23. The van der Waals surface area contributed by atoms with Crippen molar-refractivity contribution in [2.24, 2.45) is 5.92 Å². The number of hydrogen-bond acceptors (Lipinski definition) is 2. The van der Waals surface area contributed by atoms with E-state index in [1.165, 1.54) is 5.56 Å². The highest BCUT2D eigenvalue weighted by molar-refractivity contribution is 5.51. The summed E-state index contributed by atoms with van der Waals surface area (Å²) in [6.45, 7) is 4.50. The molecule has 0 aromatic heterocycles. The van der Waals surface area contributed by atoms with Crippen molar-refractivity contribution in [3.63, 3.8) is 0 Å². The summed E-state index contributed by atoms with van der Waals surface area (Å²) in [6.07, 6.45) is 1.06. The van der Waals surface area contributed by atoms with Crippen LogP contribution in [-0.2, 0) is 0 Å². The second kappa shape index (κ2) is 7.16. The number of hydrogen-bond donors (Lipinski definition) is 0. The Balaban J connectivity index is 2.56. The molecule has 0 radical (unpaired) electrons. The van der Waals surface area contributed by atoms with Crippen molar-refractivity contribution in [3.8, 4) is 11.5 Å². The van der Waals surface area contributed by atoms with Gasteiger partial charge in [-0.05, 0) is 30.0 Å². The largest absolute Gasteiger partial charge is 0.496 e. The average molecular weight is 284 g/mol. The number of methoxy groups -OCH3 is 2. The van der Waals surface area contributed by atoms with Crippen molar-refractivity contribution in [1.29, 1.82) is 0 Å². The fourth-order valence-electron chi connectivity index (χ4n) is 2.80. The van der Waals surface area contributed by atoms with Crippen LogP contribution in [0.25, 0.3) is 0 Å². The third-order valence-electron chi connectivity index (χ3n) is 3.72. The first-order valence-corrected chi connectivity index (χ1v) is 7.43. The molecule has 0 aliphatic carbocycles. The van der Waals surface area contributed by atoms with E-state index in [1.54, 1.807) is 14.2 Å². The zero-order valence-corrected chi connectivity index (χ0v) is 13.3. The van der Waals surface area contributed by atoms with Crippen LogP contribution in [0.4, 0.5) is 0 Å². The van der Waals surface area contributed by atoms with Crippen molar-refractivity contribution >= 4 is 0 Å². The lowest BCUT2D eigenvalue weighted by atomic mass is 9.83. The minimum atomic E-state index is 0.275.